The summed E-state index contributed by atoms with van der Waals surface area (Å²) in [5, 5.41) is 103. The highest BCUT2D eigenvalue weighted by Crippen LogP contribution is 2.13. The molecule has 0 saturated heterocycles. The molecular formula is C57H115N33O9. The van der Waals surface area contributed by atoms with E-state index in [1.54, 1.807) is 0 Å². The molecule has 0 aromatic heterocycles. The largest absolute Gasteiger partial charge is 0.370 e. The molecule has 0 aliphatic rings. The summed E-state index contributed by atoms with van der Waals surface area (Å²) in [6, 6.07) is -10.1. The van der Waals surface area contributed by atoms with Crippen molar-refractivity contribution in [1.29, 1.82) is 43.3 Å². The molecule has 9 amide bonds. The van der Waals surface area contributed by atoms with Crippen molar-refractivity contribution in [3.8, 4) is 0 Å². The zero-order valence-corrected chi connectivity index (χ0v) is 57.1. The van der Waals surface area contributed by atoms with Gasteiger partial charge in [-0.2, -0.15) is 0 Å². The van der Waals surface area contributed by atoms with Gasteiger partial charge in [-0.1, -0.05) is 26.7 Å². The maximum atomic E-state index is 14.8. The molecule has 0 rings (SSSR count). The number of hydrogen-bond acceptors (Lipinski definition) is 17. The lowest BCUT2D eigenvalue weighted by Gasteiger charge is -2.28. The van der Waals surface area contributed by atoms with E-state index in [-0.39, 0.29) is 191 Å². The smallest absolute Gasteiger partial charge is 0.243 e. The summed E-state index contributed by atoms with van der Waals surface area (Å²) in [5.41, 5.74) is 49.6. The first-order valence-corrected chi connectivity index (χ1v) is 33.0. The Morgan fingerprint density at radius 3 is 0.697 bits per heavy atom. The number of carbonyl (C=O) groups excluding carboxylic acids is 9. The Balaban J connectivity index is 7.60. The number of unbranched alkanes of at least 4 members (excludes halogenated alkanes) is 1. The number of hydrogen-bond donors (Lipinski definition) is 33. The number of rotatable bonds is 54. The molecule has 0 spiro atoms. The molecule has 0 heterocycles. The van der Waals surface area contributed by atoms with Gasteiger partial charge in [-0.15, -0.1) is 0 Å². The van der Waals surface area contributed by atoms with Crippen LogP contribution in [0.1, 0.15) is 142 Å². The molecule has 99 heavy (non-hydrogen) atoms. The Hall–Kier alpha value is -10.6. The normalized spacial score (nSPS) is 13.1. The molecular weight excluding hydrogens is 1290 g/mol. The summed E-state index contributed by atoms with van der Waals surface area (Å²) in [7, 11) is 0. The lowest BCUT2D eigenvalue weighted by Crippen LogP contribution is -2.60. The average Bonchev–Trinajstić information content (AvgIpc) is 0.894. The van der Waals surface area contributed by atoms with Crippen LogP contribution < -0.4 is 137 Å². The van der Waals surface area contributed by atoms with E-state index < -0.39 is 119 Å². The van der Waals surface area contributed by atoms with Gasteiger partial charge in [-0.3, -0.25) is 86.4 Å². The Morgan fingerprint density at radius 1 is 0.263 bits per heavy atom. The summed E-state index contributed by atoms with van der Waals surface area (Å²) in [5.74, 6) is -10.8. The van der Waals surface area contributed by atoms with Crippen LogP contribution in [0.5, 0.6) is 0 Å². The van der Waals surface area contributed by atoms with Gasteiger partial charge in [0.05, 0.1) is 5.92 Å². The standard InChI is InChI=1S/C57H115N33O9/c1-32(2)13-3-4-22-41(91)83-31-33(14-5-23-75-50(59)60)43(93)85-35(16-7-25-77-52(63)64)45(95)87-37(18-9-27-79-54(67)68)47(97)89-39(20-11-29-81-56(71)72)49(99)90-40(21-12-30-82-57(73)74)48(98)88-38(19-10-28-80-55(69)70)46(96)86-36(17-8-26-78-53(65)66)44(94)84-34(42(58)92)15-6-24-76-51(61)62/h32-40H,3-31H2,1-2H3,(H2,58,92)(H,83,91)(H,84,94)(H,85,93)(H,86,96)(H,87,95)(H,88,98)(H,89,97)(H,90,99)(H4,59,60,75)(H4,61,62,76)(H4,63,64,77)(H4,65,66,78)(H4,67,68,79)(H4,69,70,80)(H4,71,72,81)(H4,73,74,82)/t33-,34-,35-,36-,37-,38-,39-,40-/m0/s1. The predicted molar refractivity (Wildman–Crippen MR) is 376 cm³/mol. The lowest BCUT2D eigenvalue weighted by atomic mass is 10.00. The second-order valence-electron chi connectivity index (χ2n) is 23.8. The van der Waals surface area contributed by atoms with E-state index in [0.717, 1.165) is 12.8 Å². The average molecular weight is 1410 g/mol. The highest BCUT2D eigenvalue weighted by atomic mass is 16.2. The quantitative estimate of drug-likeness (QED) is 0.0153. The summed E-state index contributed by atoms with van der Waals surface area (Å²) in [4.78, 5) is 127. The Bertz CT molecular complexity index is 2650. The number of primary amides is 1. The van der Waals surface area contributed by atoms with Crippen LogP contribution in [0, 0.1) is 55.1 Å². The molecule has 0 aliphatic heterocycles. The summed E-state index contributed by atoms with van der Waals surface area (Å²) >= 11 is 0. The zero-order chi connectivity index (χ0) is 74.8. The van der Waals surface area contributed by atoms with Gasteiger partial charge in [0.1, 0.15) is 42.3 Å². The van der Waals surface area contributed by atoms with Gasteiger partial charge in [0.2, 0.25) is 53.2 Å². The summed E-state index contributed by atoms with van der Waals surface area (Å²) in [6.45, 7) is 4.63. The SMILES string of the molecule is CC(C)CCCCC(=O)NC[C@H](CCCNC(=N)N)C(=O)N[C@@H](CCCNC(=N)N)C(=O)N[C@@H](CCCNC(=N)N)C(=O)N[C@@H](CCCNC(=N)N)C(=O)N[C@@H](CCCNC(=N)N)C(=O)N[C@@H](CCCNC(=N)N)C(=O)N[C@@H](CCCNC(=N)N)C(=O)N[C@@H](CCCNC(=N)N)C(N)=O. The molecule has 0 radical (unpaired) electrons. The molecule has 0 fully saturated rings. The highest BCUT2D eigenvalue weighted by Gasteiger charge is 2.35. The summed E-state index contributed by atoms with van der Waals surface area (Å²) in [6.07, 6.45) is 2.92. The molecule has 0 bridgehead atoms. The van der Waals surface area contributed by atoms with Crippen molar-refractivity contribution in [1.82, 2.24) is 85.1 Å². The van der Waals surface area contributed by atoms with Crippen LogP contribution in [0.25, 0.3) is 0 Å². The fourth-order valence-corrected chi connectivity index (χ4v) is 9.59. The highest BCUT2D eigenvalue weighted by molar-refractivity contribution is 5.98. The maximum absolute atomic E-state index is 14.8. The van der Waals surface area contributed by atoms with E-state index in [1.807, 2.05) is 0 Å². The number of guanidine groups is 8. The minimum absolute atomic E-state index is 0.00129. The van der Waals surface area contributed by atoms with Gasteiger partial charge in [-0.05, 0) is 115 Å². The van der Waals surface area contributed by atoms with E-state index in [4.69, 9.17) is 94.9 Å². The van der Waals surface area contributed by atoms with Gasteiger partial charge in [0, 0.05) is 65.3 Å². The van der Waals surface area contributed by atoms with Crippen LogP contribution in [-0.4, -0.2) is 202 Å². The van der Waals surface area contributed by atoms with E-state index in [1.165, 1.54) is 0 Å². The second kappa shape index (κ2) is 51.6. The second-order valence-corrected chi connectivity index (χ2v) is 23.8. The number of amides is 9. The molecule has 562 valence electrons. The molecule has 0 aromatic rings. The van der Waals surface area contributed by atoms with Crippen molar-refractivity contribution in [2.75, 3.05) is 58.9 Å². The first kappa shape index (κ1) is 88.4. The van der Waals surface area contributed by atoms with Crippen LogP contribution in [0.3, 0.4) is 0 Å². The van der Waals surface area contributed by atoms with E-state index in [9.17, 15) is 43.2 Å². The zero-order valence-electron chi connectivity index (χ0n) is 57.1. The van der Waals surface area contributed by atoms with Crippen molar-refractivity contribution < 1.29 is 43.2 Å². The van der Waals surface area contributed by atoms with Crippen LogP contribution in [0.2, 0.25) is 0 Å². The topological polar surface area (TPSA) is 771 Å². The number of nitrogens with one attached hydrogen (secondary N) is 24. The third-order valence-corrected chi connectivity index (χ3v) is 14.7. The van der Waals surface area contributed by atoms with Crippen LogP contribution >= 0.6 is 0 Å². The molecule has 0 aliphatic carbocycles. The molecule has 0 unspecified atom stereocenters. The molecule has 0 aromatic carbocycles. The van der Waals surface area contributed by atoms with Gasteiger partial charge in [0.15, 0.2) is 47.7 Å². The van der Waals surface area contributed by atoms with Crippen LogP contribution in [0.15, 0.2) is 0 Å². The Kier molecular flexibility index (Phi) is 46.1. The fourth-order valence-electron chi connectivity index (χ4n) is 9.59. The lowest BCUT2D eigenvalue weighted by molar-refractivity contribution is -0.136. The first-order valence-electron chi connectivity index (χ1n) is 33.0. The van der Waals surface area contributed by atoms with Gasteiger partial charge < -0.3 is 137 Å². The van der Waals surface area contributed by atoms with Crippen molar-refractivity contribution in [3.63, 3.8) is 0 Å². The number of carbonyl (C=O) groups is 9. The van der Waals surface area contributed by atoms with Crippen LogP contribution in [0.4, 0.5) is 0 Å². The first-order chi connectivity index (χ1) is 46.7. The van der Waals surface area contributed by atoms with E-state index >= 15 is 0 Å². The molecule has 0 saturated carbocycles. The predicted octanol–water partition coefficient (Wildman–Crippen LogP) is -8.08. The van der Waals surface area contributed by atoms with E-state index in [2.05, 4.69) is 98.9 Å². The summed E-state index contributed by atoms with van der Waals surface area (Å²) < 4.78 is 0. The fraction of sp³-hybridized carbons (Fsp3) is 0.702. The van der Waals surface area contributed by atoms with Crippen LogP contribution in [-0.2, 0) is 43.2 Å². The molecule has 42 nitrogen and oxygen atoms in total. The Morgan fingerprint density at radius 2 is 0.475 bits per heavy atom. The van der Waals surface area contributed by atoms with Crippen molar-refractivity contribution in [2.45, 2.75) is 185 Å². The minimum atomic E-state index is -1.54. The monoisotopic (exact) mass is 1410 g/mol. The van der Waals surface area contributed by atoms with Crippen molar-refractivity contribution in [3.05, 3.63) is 0 Å². The van der Waals surface area contributed by atoms with E-state index in [0.29, 0.717) is 18.8 Å². The molecule has 42 heteroatoms. The van der Waals surface area contributed by atoms with Gasteiger partial charge in [-0.25, -0.2) is 0 Å². The molecule has 8 atom stereocenters. The van der Waals surface area contributed by atoms with Crippen molar-refractivity contribution >= 4 is 101 Å². The van der Waals surface area contributed by atoms with Gasteiger partial charge in [0.25, 0.3) is 0 Å². The minimum Gasteiger partial charge on any atom is -0.370 e. The van der Waals surface area contributed by atoms with Crippen molar-refractivity contribution in [2.24, 2.45) is 63.4 Å². The third-order valence-electron chi connectivity index (χ3n) is 14.7. The third kappa shape index (κ3) is 46.2. The maximum Gasteiger partial charge on any atom is 0.243 e. The Labute approximate surface area is 577 Å². The van der Waals surface area contributed by atoms with Gasteiger partial charge >= 0.3 is 0 Å². The number of nitrogens with two attached hydrogens (primary N) is 9. The molecule has 42 N–H and O–H groups in total.